The predicted molar refractivity (Wildman–Crippen MR) is 66.6 cm³/mol. The van der Waals surface area contributed by atoms with Crippen molar-refractivity contribution in [2.75, 3.05) is 38.2 Å². The standard InChI is InChI=1S/C11H24N2OS/c1-4-10(2)11-9-13(6-5-12-11)7-8-15(3)14/h10-12H,4-9H2,1-3H3. The molecule has 4 heteroatoms. The Morgan fingerprint density at radius 2 is 2.33 bits per heavy atom. The van der Waals surface area contributed by atoms with Crippen molar-refractivity contribution in [3.05, 3.63) is 0 Å². The van der Waals surface area contributed by atoms with E-state index in [1.54, 1.807) is 6.26 Å². The fourth-order valence-electron chi connectivity index (χ4n) is 1.97. The highest BCUT2D eigenvalue weighted by atomic mass is 32.2. The molecule has 1 heterocycles. The van der Waals surface area contributed by atoms with Gasteiger partial charge in [0.1, 0.15) is 0 Å². The number of nitrogens with zero attached hydrogens (tertiary/aromatic N) is 1. The molecule has 0 aliphatic carbocycles. The zero-order valence-electron chi connectivity index (χ0n) is 10.2. The number of piperazine rings is 1. The molecular weight excluding hydrogens is 208 g/mol. The molecule has 90 valence electrons. The molecule has 1 aliphatic heterocycles. The minimum atomic E-state index is -0.653. The topological polar surface area (TPSA) is 32.3 Å². The van der Waals surface area contributed by atoms with Crippen LogP contribution in [-0.4, -0.2) is 53.3 Å². The Morgan fingerprint density at radius 3 is 2.93 bits per heavy atom. The lowest BCUT2D eigenvalue weighted by molar-refractivity contribution is 0.176. The van der Waals surface area contributed by atoms with E-state index in [4.69, 9.17) is 0 Å². The van der Waals surface area contributed by atoms with E-state index in [-0.39, 0.29) is 0 Å². The van der Waals surface area contributed by atoms with Crippen molar-refractivity contribution >= 4 is 10.8 Å². The highest BCUT2D eigenvalue weighted by Gasteiger charge is 2.22. The van der Waals surface area contributed by atoms with Crippen LogP contribution in [0.15, 0.2) is 0 Å². The van der Waals surface area contributed by atoms with E-state index in [2.05, 4.69) is 24.1 Å². The third-order valence-corrected chi connectivity index (χ3v) is 4.07. The molecule has 0 aromatic heterocycles. The number of hydrogen-bond donors (Lipinski definition) is 1. The number of hydrogen-bond acceptors (Lipinski definition) is 3. The van der Waals surface area contributed by atoms with Gasteiger partial charge in [0.15, 0.2) is 0 Å². The first-order valence-corrected chi connectivity index (χ1v) is 7.62. The summed E-state index contributed by atoms with van der Waals surface area (Å²) in [6, 6.07) is 0.619. The third kappa shape index (κ3) is 4.62. The van der Waals surface area contributed by atoms with Gasteiger partial charge in [-0.15, -0.1) is 0 Å². The Hall–Kier alpha value is 0.0700. The lowest BCUT2D eigenvalue weighted by Crippen LogP contribution is -2.53. The summed E-state index contributed by atoms with van der Waals surface area (Å²) in [5, 5.41) is 3.57. The summed E-state index contributed by atoms with van der Waals surface area (Å²) in [4.78, 5) is 2.44. The van der Waals surface area contributed by atoms with Crippen LogP contribution in [0.2, 0.25) is 0 Å². The Kier molecular flexibility index (Phi) is 5.79. The molecule has 3 unspecified atom stereocenters. The largest absolute Gasteiger partial charge is 0.311 e. The number of rotatable bonds is 5. The number of nitrogens with one attached hydrogen (secondary N) is 1. The van der Waals surface area contributed by atoms with E-state index in [0.717, 1.165) is 37.8 Å². The summed E-state index contributed by atoms with van der Waals surface area (Å²) in [5.74, 6) is 1.55. The highest BCUT2D eigenvalue weighted by molar-refractivity contribution is 7.84. The van der Waals surface area contributed by atoms with Crippen LogP contribution in [0.4, 0.5) is 0 Å². The SMILES string of the molecule is CCC(C)C1CN(CCS(C)=O)CCN1. The molecule has 15 heavy (non-hydrogen) atoms. The molecule has 0 aromatic rings. The molecule has 0 radical (unpaired) electrons. The minimum absolute atomic E-state index is 0.619. The van der Waals surface area contributed by atoms with Gasteiger partial charge >= 0.3 is 0 Å². The van der Waals surface area contributed by atoms with Gasteiger partial charge in [-0.2, -0.15) is 0 Å². The van der Waals surface area contributed by atoms with Crippen LogP contribution in [0, 0.1) is 5.92 Å². The molecule has 0 spiro atoms. The van der Waals surface area contributed by atoms with E-state index < -0.39 is 10.8 Å². The van der Waals surface area contributed by atoms with Gasteiger partial charge in [0, 0.05) is 55.0 Å². The van der Waals surface area contributed by atoms with Crippen LogP contribution >= 0.6 is 0 Å². The fourth-order valence-corrected chi connectivity index (χ4v) is 2.48. The van der Waals surface area contributed by atoms with E-state index in [1.165, 1.54) is 6.42 Å². The van der Waals surface area contributed by atoms with Crippen molar-refractivity contribution < 1.29 is 4.21 Å². The van der Waals surface area contributed by atoms with Gasteiger partial charge in [-0.25, -0.2) is 0 Å². The van der Waals surface area contributed by atoms with Gasteiger partial charge in [-0.05, 0) is 5.92 Å². The predicted octanol–water partition coefficient (Wildman–Crippen LogP) is 0.685. The van der Waals surface area contributed by atoms with Crippen molar-refractivity contribution in [2.45, 2.75) is 26.3 Å². The zero-order valence-corrected chi connectivity index (χ0v) is 11.0. The maximum Gasteiger partial charge on any atom is 0.0359 e. The Balaban J connectivity index is 2.32. The average molecular weight is 232 g/mol. The Labute approximate surface area is 96.1 Å². The molecule has 3 atom stereocenters. The van der Waals surface area contributed by atoms with Gasteiger partial charge in [-0.1, -0.05) is 20.3 Å². The molecular formula is C11H24N2OS. The van der Waals surface area contributed by atoms with E-state index in [9.17, 15) is 4.21 Å². The quantitative estimate of drug-likeness (QED) is 0.757. The summed E-state index contributed by atoms with van der Waals surface area (Å²) < 4.78 is 11.0. The van der Waals surface area contributed by atoms with Crippen molar-refractivity contribution in [3.8, 4) is 0 Å². The van der Waals surface area contributed by atoms with E-state index in [1.807, 2.05) is 0 Å². The van der Waals surface area contributed by atoms with Gasteiger partial charge < -0.3 is 5.32 Å². The van der Waals surface area contributed by atoms with Crippen molar-refractivity contribution in [1.29, 1.82) is 0 Å². The first-order chi connectivity index (χ1) is 7.13. The molecule has 0 bridgehead atoms. The summed E-state index contributed by atoms with van der Waals surface area (Å²) in [7, 11) is -0.653. The maximum atomic E-state index is 11.0. The second kappa shape index (κ2) is 6.61. The van der Waals surface area contributed by atoms with Crippen LogP contribution in [0.3, 0.4) is 0 Å². The van der Waals surface area contributed by atoms with Crippen LogP contribution in [0.1, 0.15) is 20.3 Å². The van der Waals surface area contributed by atoms with Crippen LogP contribution in [-0.2, 0) is 10.8 Å². The molecule has 1 saturated heterocycles. The Bertz CT molecular complexity index is 211. The second-order valence-electron chi connectivity index (χ2n) is 4.52. The summed E-state index contributed by atoms with van der Waals surface area (Å²) in [5.41, 5.74) is 0. The van der Waals surface area contributed by atoms with Crippen LogP contribution in [0.5, 0.6) is 0 Å². The molecule has 0 saturated carbocycles. The highest BCUT2D eigenvalue weighted by Crippen LogP contribution is 2.11. The lowest BCUT2D eigenvalue weighted by atomic mass is 9.97. The maximum absolute atomic E-state index is 11.0. The second-order valence-corrected chi connectivity index (χ2v) is 6.08. The van der Waals surface area contributed by atoms with Gasteiger partial charge in [-0.3, -0.25) is 9.11 Å². The molecule has 3 nitrogen and oxygen atoms in total. The van der Waals surface area contributed by atoms with E-state index >= 15 is 0 Å². The minimum Gasteiger partial charge on any atom is -0.311 e. The summed E-state index contributed by atoms with van der Waals surface area (Å²) >= 11 is 0. The van der Waals surface area contributed by atoms with Gasteiger partial charge in [0.05, 0.1) is 0 Å². The molecule has 1 N–H and O–H groups in total. The Morgan fingerprint density at radius 1 is 1.60 bits per heavy atom. The lowest BCUT2D eigenvalue weighted by Gasteiger charge is -2.36. The summed E-state index contributed by atoms with van der Waals surface area (Å²) in [6.45, 7) is 8.82. The normalized spacial score (nSPS) is 27.5. The third-order valence-electron chi connectivity index (χ3n) is 3.32. The molecule has 1 rings (SSSR count). The monoisotopic (exact) mass is 232 g/mol. The van der Waals surface area contributed by atoms with Crippen molar-refractivity contribution in [3.63, 3.8) is 0 Å². The molecule has 1 fully saturated rings. The van der Waals surface area contributed by atoms with Crippen molar-refractivity contribution in [1.82, 2.24) is 10.2 Å². The van der Waals surface area contributed by atoms with E-state index in [0.29, 0.717) is 6.04 Å². The van der Waals surface area contributed by atoms with Crippen molar-refractivity contribution in [2.24, 2.45) is 5.92 Å². The first kappa shape index (κ1) is 13.1. The van der Waals surface area contributed by atoms with Crippen LogP contribution < -0.4 is 5.32 Å². The summed E-state index contributed by atoms with van der Waals surface area (Å²) in [6.07, 6.45) is 3.01. The molecule has 1 aliphatic rings. The van der Waals surface area contributed by atoms with Gasteiger partial charge in [0.2, 0.25) is 0 Å². The van der Waals surface area contributed by atoms with Gasteiger partial charge in [0.25, 0.3) is 0 Å². The fraction of sp³-hybridized carbons (Fsp3) is 1.00. The molecule has 0 aromatic carbocycles. The van der Waals surface area contributed by atoms with Crippen LogP contribution in [0.25, 0.3) is 0 Å². The molecule has 0 amide bonds. The first-order valence-electron chi connectivity index (χ1n) is 5.89. The smallest absolute Gasteiger partial charge is 0.0359 e. The zero-order chi connectivity index (χ0) is 11.3. The average Bonchev–Trinajstić information content (AvgIpc) is 2.25.